The van der Waals surface area contributed by atoms with Crippen molar-refractivity contribution < 1.29 is 9.47 Å². The Kier molecular flexibility index (Phi) is 4.90. The van der Waals surface area contributed by atoms with Gasteiger partial charge in [-0.3, -0.25) is 0 Å². The van der Waals surface area contributed by atoms with E-state index >= 15 is 0 Å². The van der Waals surface area contributed by atoms with E-state index in [0.29, 0.717) is 24.8 Å². The average molecular weight is 278 g/mol. The fourth-order valence-electron chi connectivity index (χ4n) is 2.04. The number of fused-ring (bicyclic) bond motifs is 1. The van der Waals surface area contributed by atoms with Crippen molar-refractivity contribution in [3.05, 3.63) is 36.0 Å². The molecule has 0 fully saturated rings. The van der Waals surface area contributed by atoms with Crippen molar-refractivity contribution >= 4 is 28.1 Å². The first-order chi connectivity index (χ1) is 9.24. The van der Waals surface area contributed by atoms with Gasteiger partial charge in [-0.15, -0.1) is 0 Å². The average Bonchev–Trinajstić information content (AvgIpc) is 2.81. The lowest BCUT2D eigenvalue weighted by Gasteiger charge is -2.07. The molecule has 0 spiro atoms. The Labute approximate surface area is 118 Å². The third kappa shape index (κ3) is 3.32. The van der Waals surface area contributed by atoms with E-state index in [2.05, 4.69) is 10.6 Å². The molecule has 0 aliphatic heterocycles. The van der Waals surface area contributed by atoms with Gasteiger partial charge in [0.15, 0.2) is 0 Å². The summed E-state index contributed by atoms with van der Waals surface area (Å²) in [6, 6.07) is 8.02. The minimum absolute atomic E-state index is 0.430. The summed E-state index contributed by atoms with van der Waals surface area (Å²) in [5.74, 6) is 0. The first-order valence-corrected chi connectivity index (χ1v) is 6.59. The fourth-order valence-corrected chi connectivity index (χ4v) is 2.22. The third-order valence-corrected chi connectivity index (χ3v) is 3.21. The number of hydrogen-bond donors (Lipinski definition) is 1. The van der Waals surface area contributed by atoms with Crippen molar-refractivity contribution in [2.45, 2.75) is 6.54 Å². The van der Waals surface area contributed by atoms with Crippen molar-refractivity contribution in [1.82, 2.24) is 4.57 Å². The highest BCUT2D eigenvalue weighted by Gasteiger charge is 2.06. The van der Waals surface area contributed by atoms with Crippen LogP contribution < -0.4 is 5.73 Å². The SMILES string of the molecule is COCCOCCn1ccc2c(C(N)=S)cccc21. The molecular formula is C14H18N2O2S. The van der Waals surface area contributed by atoms with Crippen LogP contribution in [-0.2, 0) is 16.0 Å². The quantitative estimate of drug-likeness (QED) is 0.621. The largest absolute Gasteiger partial charge is 0.389 e. The number of benzene rings is 1. The molecule has 2 aromatic rings. The van der Waals surface area contributed by atoms with E-state index in [4.69, 9.17) is 27.4 Å². The number of ether oxygens (including phenoxy) is 2. The summed E-state index contributed by atoms with van der Waals surface area (Å²) in [6.07, 6.45) is 2.03. The van der Waals surface area contributed by atoms with Crippen LogP contribution >= 0.6 is 12.2 Å². The van der Waals surface area contributed by atoms with Crippen LogP contribution in [0.2, 0.25) is 0 Å². The smallest absolute Gasteiger partial charge is 0.104 e. The maximum absolute atomic E-state index is 5.73. The number of nitrogens with zero attached hydrogens (tertiary/aromatic N) is 1. The summed E-state index contributed by atoms with van der Waals surface area (Å²) in [5, 5.41) is 1.09. The summed E-state index contributed by atoms with van der Waals surface area (Å²) in [7, 11) is 1.67. The second-order valence-corrected chi connectivity index (χ2v) is 4.66. The lowest BCUT2D eigenvalue weighted by molar-refractivity contribution is 0.0670. The zero-order valence-electron chi connectivity index (χ0n) is 11.0. The van der Waals surface area contributed by atoms with Crippen LogP contribution in [0, 0.1) is 0 Å². The molecule has 2 N–H and O–H groups in total. The molecule has 0 amide bonds. The van der Waals surface area contributed by atoms with Crippen molar-refractivity contribution in [2.75, 3.05) is 26.9 Å². The lowest BCUT2D eigenvalue weighted by atomic mass is 10.1. The molecule has 1 aromatic heterocycles. The van der Waals surface area contributed by atoms with Crippen LogP contribution in [0.25, 0.3) is 10.9 Å². The highest BCUT2D eigenvalue weighted by molar-refractivity contribution is 7.80. The molecule has 0 saturated carbocycles. The van der Waals surface area contributed by atoms with Gasteiger partial charge in [0, 0.05) is 36.3 Å². The number of hydrogen-bond acceptors (Lipinski definition) is 3. The Hall–Kier alpha value is -1.43. The van der Waals surface area contributed by atoms with E-state index in [-0.39, 0.29) is 0 Å². The predicted molar refractivity (Wildman–Crippen MR) is 80.5 cm³/mol. The summed E-state index contributed by atoms with van der Waals surface area (Å²) in [4.78, 5) is 0.430. The third-order valence-electron chi connectivity index (χ3n) is 2.99. The lowest BCUT2D eigenvalue weighted by Crippen LogP contribution is -2.10. The number of thiocarbonyl (C=S) groups is 1. The molecule has 1 aromatic carbocycles. The summed E-state index contributed by atoms with van der Waals surface area (Å²) in [5.41, 5.74) is 7.78. The zero-order valence-corrected chi connectivity index (χ0v) is 11.8. The Bertz CT molecular complexity index is 566. The van der Waals surface area contributed by atoms with Crippen LogP contribution in [0.5, 0.6) is 0 Å². The van der Waals surface area contributed by atoms with Crippen LogP contribution in [0.15, 0.2) is 30.5 Å². The molecule has 19 heavy (non-hydrogen) atoms. The molecular weight excluding hydrogens is 260 g/mol. The highest BCUT2D eigenvalue weighted by atomic mass is 32.1. The topological polar surface area (TPSA) is 49.4 Å². The first-order valence-electron chi connectivity index (χ1n) is 6.18. The molecule has 4 nitrogen and oxygen atoms in total. The fraction of sp³-hybridized carbons (Fsp3) is 0.357. The molecule has 2 rings (SSSR count). The molecule has 0 radical (unpaired) electrons. The van der Waals surface area contributed by atoms with Crippen molar-refractivity contribution in [3.8, 4) is 0 Å². The molecule has 0 atom stereocenters. The second-order valence-electron chi connectivity index (χ2n) is 4.22. The van der Waals surface area contributed by atoms with E-state index < -0.39 is 0 Å². The molecule has 0 saturated heterocycles. The number of aromatic nitrogens is 1. The molecule has 0 aliphatic carbocycles. The van der Waals surface area contributed by atoms with Gasteiger partial charge in [0.25, 0.3) is 0 Å². The van der Waals surface area contributed by atoms with Gasteiger partial charge in [0.1, 0.15) is 4.99 Å². The Morgan fingerprint density at radius 3 is 2.84 bits per heavy atom. The van der Waals surface area contributed by atoms with Gasteiger partial charge in [0.2, 0.25) is 0 Å². The van der Waals surface area contributed by atoms with Crippen molar-refractivity contribution in [3.63, 3.8) is 0 Å². The van der Waals surface area contributed by atoms with Gasteiger partial charge in [0.05, 0.1) is 19.8 Å². The van der Waals surface area contributed by atoms with E-state index in [1.807, 2.05) is 24.4 Å². The first kappa shape index (κ1) is 14.0. The van der Waals surface area contributed by atoms with E-state index in [9.17, 15) is 0 Å². The monoisotopic (exact) mass is 278 g/mol. The maximum Gasteiger partial charge on any atom is 0.104 e. The van der Waals surface area contributed by atoms with E-state index in [1.165, 1.54) is 0 Å². The number of methoxy groups -OCH3 is 1. The maximum atomic E-state index is 5.73. The molecule has 5 heteroatoms. The van der Waals surface area contributed by atoms with Crippen LogP contribution in [0.1, 0.15) is 5.56 Å². The van der Waals surface area contributed by atoms with Crippen LogP contribution in [0.4, 0.5) is 0 Å². The predicted octanol–water partition coefficient (Wildman–Crippen LogP) is 1.94. The highest BCUT2D eigenvalue weighted by Crippen LogP contribution is 2.20. The van der Waals surface area contributed by atoms with Gasteiger partial charge in [-0.1, -0.05) is 24.4 Å². The number of rotatable bonds is 7. The van der Waals surface area contributed by atoms with E-state index in [0.717, 1.165) is 23.0 Å². The number of nitrogens with two attached hydrogens (primary N) is 1. The van der Waals surface area contributed by atoms with Gasteiger partial charge < -0.3 is 19.8 Å². The summed E-state index contributed by atoms with van der Waals surface area (Å²) in [6.45, 7) is 2.70. The van der Waals surface area contributed by atoms with Gasteiger partial charge in [-0.25, -0.2) is 0 Å². The standard InChI is InChI=1S/C14H18N2O2S/c1-17-9-10-18-8-7-16-6-5-11-12(14(15)19)3-2-4-13(11)16/h2-6H,7-10H2,1H3,(H2,15,19). The molecule has 0 bridgehead atoms. The zero-order chi connectivity index (χ0) is 13.7. The van der Waals surface area contributed by atoms with Gasteiger partial charge in [-0.05, 0) is 12.1 Å². The Morgan fingerprint density at radius 1 is 1.26 bits per heavy atom. The summed E-state index contributed by atoms with van der Waals surface area (Å²) < 4.78 is 12.6. The van der Waals surface area contributed by atoms with Gasteiger partial charge >= 0.3 is 0 Å². The minimum atomic E-state index is 0.430. The minimum Gasteiger partial charge on any atom is -0.389 e. The van der Waals surface area contributed by atoms with Crippen molar-refractivity contribution in [1.29, 1.82) is 0 Å². The van der Waals surface area contributed by atoms with Crippen LogP contribution in [0.3, 0.4) is 0 Å². The van der Waals surface area contributed by atoms with E-state index in [1.54, 1.807) is 7.11 Å². The molecule has 0 unspecified atom stereocenters. The molecule has 102 valence electrons. The molecule has 1 heterocycles. The Balaban J connectivity index is 2.08. The van der Waals surface area contributed by atoms with Crippen molar-refractivity contribution in [2.24, 2.45) is 5.73 Å². The normalized spacial score (nSPS) is 11.0. The van der Waals surface area contributed by atoms with Crippen LogP contribution in [-0.4, -0.2) is 36.5 Å². The Morgan fingerprint density at radius 2 is 2.11 bits per heavy atom. The van der Waals surface area contributed by atoms with Gasteiger partial charge in [-0.2, -0.15) is 0 Å². The summed E-state index contributed by atoms with van der Waals surface area (Å²) >= 11 is 5.06. The second kappa shape index (κ2) is 6.65. The molecule has 0 aliphatic rings.